The third-order valence-corrected chi connectivity index (χ3v) is 3.13. The Labute approximate surface area is 134 Å². The summed E-state index contributed by atoms with van der Waals surface area (Å²) in [6, 6.07) is 5.63. The zero-order chi connectivity index (χ0) is 16.7. The number of amides is 4. The van der Waals surface area contributed by atoms with E-state index in [2.05, 4.69) is 21.2 Å². The van der Waals surface area contributed by atoms with Gasteiger partial charge in [0.1, 0.15) is 6.54 Å². The Bertz CT molecular complexity index is 605. The van der Waals surface area contributed by atoms with Crippen molar-refractivity contribution in [2.45, 2.75) is 13.0 Å². The number of hydrogen-bond donors (Lipinski definition) is 3. The van der Waals surface area contributed by atoms with E-state index >= 15 is 0 Å². The SMILES string of the molecule is C[C@H](OC(=O)CNC(=O)c1ccccc1Br)C(=O)NC(N)=O. The summed E-state index contributed by atoms with van der Waals surface area (Å²) < 4.78 is 5.32. The lowest BCUT2D eigenvalue weighted by atomic mass is 10.2. The Kier molecular flexibility index (Phi) is 6.51. The van der Waals surface area contributed by atoms with Crippen LogP contribution in [0.4, 0.5) is 4.79 Å². The van der Waals surface area contributed by atoms with Gasteiger partial charge in [-0.1, -0.05) is 12.1 Å². The number of urea groups is 1. The lowest BCUT2D eigenvalue weighted by Gasteiger charge is -2.12. The average molecular weight is 372 g/mol. The number of esters is 1. The van der Waals surface area contributed by atoms with Crippen LogP contribution >= 0.6 is 15.9 Å². The normalized spacial score (nSPS) is 11.2. The Hall–Kier alpha value is -2.42. The summed E-state index contributed by atoms with van der Waals surface area (Å²) in [4.78, 5) is 45.2. The Morgan fingerprint density at radius 2 is 1.91 bits per heavy atom. The first kappa shape index (κ1) is 17.6. The molecule has 9 heteroatoms. The van der Waals surface area contributed by atoms with Crippen LogP contribution in [0.3, 0.4) is 0 Å². The predicted octanol–water partition coefficient (Wildman–Crippen LogP) is 0.305. The van der Waals surface area contributed by atoms with Gasteiger partial charge in [0, 0.05) is 4.47 Å². The summed E-state index contributed by atoms with van der Waals surface area (Å²) in [5, 5.41) is 4.13. The molecular weight excluding hydrogens is 358 g/mol. The van der Waals surface area contributed by atoms with Crippen LogP contribution in [0.2, 0.25) is 0 Å². The standard InChI is InChI=1S/C13H14BrN3O5/c1-7(11(19)17-13(15)21)22-10(18)6-16-12(20)8-4-2-3-5-9(8)14/h2-5,7H,6H2,1H3,(H,16,20)(H3,15,17,19,21)/t7-/m0/s1. The number of hydrogen-bond acceptors (Lipinski definition) is 5. The minimum atomic E-state index is -1.21. The second-order valence-electron chi connectivity index (χ2n) is 4.15. The number of carbonyl (C=O) groups is 4. The van der Waals surface area contributed by atoms with Crippen LogP contribution in [-0.4, -0.2) is 36.5 Å². The van der Waals surface area contributed by atoms with Gasteiger partial charge in [-0.3, -0.25) is 19.7 Å². The second-order valence-corrected chi connectivity index (χ2v) is 5.00. The quantitative estimate of drug-likeness (QED) is 0.641. The van der Waals surface area contributed by atoms with Gasteiger partial charge >= 0.3 is 12.0 Å². The van der Waals surface area contributed by atoms with Gasteiger partial charge in [-0.05, 0) is 35.0 Å². The number of carbonyl (C=O) groups excluding carboxylic acids is 4. The Balaban J connectivity index is 2.46. The molecule has 0 unspecified atom stereocenters. The molecule has 4 amide bonds. The van der Waals surface area contributed by atoms with Crippen molar-refractivity contribution in [1.82, 2.24) is 10.6 Å². The maximum Gasteiger partial charge on any atom is 0.326 e. The van der Waals surface area contributed by atoms with Gasteiger partial charge in [-0.25, -0.2) is 4.79 Å². The van der Waals surface area contributed by atoms with E-state index in [9.17, 15) is 19.2 Å². The van der Waals surface area contributed by atoms with Crippen molar-refractivity contribution >= 4 is 39.7 Å². The number of imide groups is 1. The molecular formula is C13H14BrN3O5. The van der Waals surface area contributed by atoms with Crippen molar-refractivity contribution < 1.29 is 23.9 Å². The minimum Gasteiger partial charge on any atom is -0.451 e. The van der Waals surface area contributed by atoms with Crippen LogP contribution in [0.15, 0.2) is 28.7 Å². The van der Waals surface area contributed by atoms with Crippen LogP contribution in [0, 0.1) is 0 Å². The average Bonchev–Trinajstić information content (AvgIpc) is 2.44. The van der Waals surface area contributed by atoms with E-state index in [0.29, 0.717) is 10.0 Å². The molecule has 0 heterocycles. The van der Waals surface area contributed by atoms with E-state index in [1.54, 1.807) is 29.6 Å². The van der Waals surface area contributed by atoms with Gasteiger partial charge in [0.05, 0.1) is 5.56 Å². The molecule has 118 valence electrons. The molecule has 0 spiro atoms. The summed E-state index contributed by atoms with van der Waals surface area (Å²) in [5.41, 5.74) is 5.12. The van der Waals surface area contributed by atoms with E-state index in [4.69, 9.17) is 10.5 Å². The van der Waals surface area contributed by atoms with Crippen molar-refractivity contribution in [3.63, 3.8) is 0 Å². The third-order valence-electron chi connectivity index (χ3n) is 2.44. The van der Waals surface area contributed by atoms with E-state index in [1.807, 2.05) is 0 Å². The summed E-state index contributed by atoms with van der Waals surface area (Å²) in [6.07, 6.45) is -1.21. The van der Waals surface area contributed by atoms with Crippen LogP contribution in [-0.2, 0) is 14.3 Å². The first-order valence-electron chi connectivity index (χ1n) is 6.13. The minimum absolute atomic E-state index is 0.356. The zero-order valence-corrected chi connectivity index (χ0v) is 13.2. The van der Waals surface area contributed by atoms with Crippen LogP contribution in [0.5, 0.6) is 0 Å². The highest BCUT2D eigenvalue weighted by molar-refractivity contribution is 9.10. The molecule has 0 aromatic heterocycles. The maximum absolute atomic E-state index is 11.8. The van der Waals surface area contributed by atoms with E-state index in [1.165, 1.54) is 6.92 Å². The van der Waals surface area contributed by atoms with Crippen molar-refractivity contribution in [1.29, 1.82) is 0 Å². The smallest absolute Gasteiger partial charge is 0.326 e. The molecule has 1 aromatic carbocycles. The molecule has 0 fully saturated rings. The predicted molar refractivity (Wildman–Crippen MR) is 79.8 cm³/mol. The topological polar surface area (TPSA) is 128 Å². The molecule has 0 bridgehead atoms. The van der Waals surface area contributed by atoms with Gasteiger partial charge in [0.25, 0.3) is 11.8 Å². The molecule has 1 rings (SSSR count). The number of rotatable bonds is 5. The number of benzene rings is 1. The van der Waals surface area contributed by atoms with Crippen molar-refractivity contribution in [3.8, 4) is 0 Å². The van der Waals surface area contributed by atoms with E-state index < -0.39 is 36.5 Å². The highest BCUT2D eigenvalue weighted by Gasteiger charge is 2.19. The Morgan fingerprint density at radius 3 is 2.50 bits per heavy atom. The lowest BCUT2D eigenvalue weighted by Crippen LogP contribution is -2.43. The molecule has 0 saturated carbocycles. The molecule has 22 heavy (non-hydrogen) atoms. The fourth-order valence-corrected chi connectivity index (χ4v) is 1.87. The molecule has 0 aliphatic carbocycles. The highest BCUT2D eigenvalue weighted by atomic mass is 79.9. The van der Waals surface area contributed by atoms with Crippen molar-refractivity contribution in [3.05, 3.63) is 34.3 Å². The maximum atomic E-state index is 11.8. The molecule has 0 aliphatic heterocycles. The van der Waals surface area contributed by atoms with Gasteiger partial charge in [0.2, 0.25) is 0 Å². The monoisotopic (exact) mass is 371 g/mol. The molecule has 8 nitrogen and oxygen atoms in total. The molecule has 1 atom stereocenters. The summed E-state index contributed by atoms with van der Waals surface area (Å²) in [7, 11) is 0. The van der Waals surface area contributed by atoms with E-state index in [0.717, 1.165) is 0 Å². The second kappa shape index (κ2) is 8.13. The molecule has 1 aromatic rings. The number of ether oxygens (including phenoxy) is 1. The number of halogens is 1. The van der Waals surface area contributed by atoms with Crippen LogP contribution in [0.1, 0.15) is 17.3 Å². The zero-order valence-electron chi connectivity index (χ0n) is 11.6. The Morgan fingerprint density at radius 1 is 1.27 bits per heavy atom. The van der Waals surface area contributed by atoms with Gasteiger partial charge in [-0.2, -0.15) is 0 Å². The number of nitrogens with one attached hydrogen (secondary N) is 2. The number of nitrogens with two attached hydrogens (primary N) is 1. The van der Waals surface area contributed by atoms with Gasteiger partial charge in [-0.15, -0.1) is 0 Å². The van der Waals surface area contributed by atoms with Gasteiger partial charge < -0.3 is 15.8 Å². The van der Waals surface area contributed by atoms with Crippen LogP contribution in [0.25, 0.3) is 0 Å². The number of primary amides is 1. The summed E-state index contributed by atoms with van der Waals surface area (Å²) in [6.45, 7) is 0.847. The van der Waals surface area contributed by atoms with Gasteiger partial charge in [0.15, 0.2) is 6.10 Å². The van der Waals surface area contributed by atoms with E-state index in [-0.39, 0.29) is 0 Å². The molecule has 0 saturated heterocycles. The summed E-state index contributed by atoms with van der Waals surface area (Å²) >= 11 is 3.21. The summed E-state index contributed by atoms with van der Waals surface area (Å²) in [5.74, 6) is -2.15. The molecule has 0 aliphatic rings. The lowest BCUT2D eigenvalue weighted by molar-refractivity contribution is -0.153. The third kappa shape index (κ3) is 5.52. The van der Waals surface area contributed by atoms with Crippen LogP contribution < -0.4 is 16.4 Å². The van der Waals surface area contributed by atoms with Crippen molar-refractivity contribution in [2.24, 2.45) is 5.73 Å². The molecule has 4 N–H and O–H groups in total. The first-order valence-corrected chi connectivity index (χ1v) is 6.93. The van der Waals surface area contributed by atoms with Crippen molar-refractivity contribution in [2.75, 3.05) is 6.54 Å². The molecule has 0 radical (unpaired) electrons. The fourth-order valence-electron chi connectivity index (χ4n) is 1.41. The first-order chi connectivity index (χ1) is 10.3. The largest absolute Gasteiger partial charge is 0.451 e. The highest BCUT2D eigenvalue weighted by Crippen LogP contribution is 2.15. The fraction of sp³-hybridized carbons (Fsp3) is 0.231.